The van der Waals surface area contributed by atoms with Crippen LogP contribution in [0.2, 0.25) is 0 Å². The number of hydrogen-bond donors (Lipinski definition) is 2. The van der Waals surface area contributed by atoms with E-state index in [1.807, 2.05) is 24.3 Å². The van der Waals surface area contributed by atoms with Crippen molar-refractivity contribution in [2.24, 2.45) is 11.8 Å². The Bertz CT molecular complexity index is 460. The molecule has 2 N–H and O–H groups in total. The zero-order valence-electron chi connectivity index (χ0n) is 11.2. The molecule has 2 aliphatic carbocycles. The van der Waals surface area contributed by atoms with Crippen LogP contribution < -0.4 is 15.4 Å². The molecule has 3 atom stereocenters. The van der Waals surface area contributed by atoms with Crippen LogP contribution in [-0.4, -0.2) is 18.3 Å². The van der Waals surface area contributed by atoms with Gasteiger partial charge in [0.25, 0.3) is 0 Å². The minimum absolute atomic E-state index is 0.581. The molecule has 2 bridgehead atoms. The summed E-state index contributed by atoms with van der Waals surface area (Å²) in [6.45, 7) is 0. The lowest BCUT2D eigenvalue weighted by atomic mass is 9.96. The predicted octanol–water partition coefficient (Wildman–Crippen LogP) is 3.17. The Balaban J connectivity index is 1.53. The SMILES string of the molecule is COc1ccc(NC(=S)N[C@@H]2C[C@H]3CC[C@@H]2C3)cc1. The quantitative estimate of drug-likeness (QED) is 0.831. The number of fused-ring (bicyclic) bond motifs is 2. The lowest BCUT2D eigenvalue weighted by Crippen LogP contribution is -2.40. The summed E-state index contributed by atoms with van der Waals surface area (Å²) in [5.74, 6) is 2.63. The number of benzene rings is 1. The summed E-state index contributed by atoms with van der Waals surface area (Å²) < 4.78 is 5.14. The van der Waals surface area contributed by atoms with Crippen molar-refractivity contribution in [1.29, 1.82) is 0 Å². The minimum Gasteiger partial charge on any atom is -0.497 e. The van der Waals surface area contributed by atoms with Crippen LogP contribution in [-0.2, 0) is 0 Å². The summed E-state index contributed by atoms with van der Waals surface area (Å²) in [4.78, 5) is 0. The molecule has 19 heavy (non-hydrogen) atoms. The Morgan fingerprint density at radius 2 is 2.00 bits per heavy atom. The van der Waals surface area contributed by atoms with Crippen molar-refractivity contribution in [1.82, 2.24) is 5.32 Å². The van der Waals surface area contributed by atoms with E-state index in [4.69, 9.17) is 17.0 Å². The van der Waals surface area contributed by atoms with Gasteiger partial charge >= 0.3 is 0 Å². The van der Waals surface area contributed by atoms with E-state index in [1.54, 1.807) is 7.11 Å². The molecule has 0 unspecified atom stereocenters. The van der Waals surface area contributed by atoms with E-state index in [-0.39, 0.29) is 0 Å². The topological polar surface area (TPSA) is 33.3 Å². The van der Waals surface area contributed by atoms with Crippen molar-refractivity contribution in [3.05, 3.63) is 24.3 Å². The van der Waals surface area contributed by atoms with Crippen molar-refractivity contribution >= 4 is 23.0 Å². The molecule has 3 nitrogen and oxygen atoms in total. The average molecular weight is 276 g/mol. The molecule has 1 aromatic carbocycles. The van der Waals surface area contributed by atoms with Crippen LogP contribution in [0.1, 0.15) is 25.7 Å². The Labute approximate surface area is 119 Å². The Morgan fingerprint density at radius 1 is 1.21 bits per heavy atom. The van der Waals surface area contributed by atoms with Crippen molar-refractivity contribution in [3.63, 3.8) is 0 Å². The molecule has 0 amide bonds. The highest BCUT2D eigenvalue weighted by atomic mass is 32.1. The molecule has 0 aromatic heterocycles. The number of anilines is 1. The maximum atomic E-state index is 5.40. The molecule has 0 spiro atoms. The maximum Gasteiger partial charge on any atom is 0.171 e. The molecule has 2 fully saturated rings. The Kier molecular flexibility index (Phi) is 3.60. The molecule has 0 aliphatic heterocycles. The second kappa shape index (κ2) is 5.37. The molecule has 3 rings (SSSR count). The second-order valence-corrected chi connectivity index (χ2v) is 6.02. The van der Waals surface area contributed by atoms with Crippen molar-refractivity contribution in [2.75, 3.05) is 12.4 Å². The van der Waals surface area contributed by atoms with Gasteiger partial charge in [0.1, 0.15) is 5.75 Å². The highest BCUT2D eigenvalue weighted by Gasteiger charge is 2.39. The van der Waals surface area contributed by atoms with Gasteiger partial charge < -0.3 is 15.4 Å². The zero-order chi connectivity index (χ0) is 13.2. The molecule has 2 saturated carbocycles. The molecule has 0 radical (unpaired) electrons. The number of hydrogen-bond acceptors (Lipinski definition) is 2. The third-order valence-corrected chi connectivity index (χ3v) is 4.62. The summed E-state index contributed by atoms with van der Waals surface area (Å²) in [6, 6.07) is 8.41. The molecular weight excluding hydrogens is 256 g/mol. The molecule has 0 saturated heterocycles. The van der Waals surface area contributed by atoms with Crippen LogP contribution in [0.4, 0.5) is 5.69 Å². The number of rotatable bonds is 3. The van der Waals surface area contributed by atoms with Crippen LogP contribution in [0.5, 0.6) is 5.75 Å². The van der Waals surface area contributed by atoms with Gasteiger partial charge in [-0.2, -0.15) is 0 Å². The number of methoxy groups -OCH3 is 1. The first-order valence-electron chi connectivity index (χ1n) is 6.96. The lowest BCUT2D eigenvalue weighted by Gasteiger charge is -2.24. The van der Waals surface area contributed by atoms with Gasteiger partial charge in [-0.15, -0.1) is 0 Å². The largest absolute Gasteiger partial charge is 0.497 e. The van der Waals surface area contributed by atoms with Gasteiger partial charge in [-0.3, -0.25) is 0 Å². The summed E-state index contributed by atoms with van der Waals surface area (Å²) >= 11 is 5.40. The monoisotopic (exact) mass is 276 g/mol. The third kappa shape index (κ3) is 2.84. The van der Waals surface area contributed by atoms with Gasteiger partial charge in [-0.05, 0) is 67.6 Å². The minimum atomic E-state index is 0.581. The predicted molar refractivity (Wildman–Crippen MR) is 81.6 cm³/mol. The Hall–Kier alpha value is -1.29. The van der Waals surface area contributed by atoms with E-state index >= 15 is 0 Å². The van der Waals surface area contributed by atoms with E-state index in [9.17, 15) is 0 Å². The van der Waals surface area contributed by atoms with Gasteiger partial charge in [0.15, 0.2) is 5.11 Å². The fourth-order valence-corrected chi connectivity index (χ4v) is 3.70. The third-order valence-electron chi connectivity index (χ3n) is 4.40. The summed E-state index contributed by atoms with van der Waals surface area (Å²) in [5, 5.41) is 7.46. The van der Waals surface area contributed by atoms with Gasteiger partial charge in [-0.1, -0.05) is 6.42 Å². The number of ether oxygens (including phenoxy) is 1. The van der Waals surface area contributed by atoms with Crippen molar-refractivity contribution < 1.29 is 4.74 Å². The Morgan fingerprint density at radius 3 is 2.58 bits per heavy atom. The van der Waals surface area contributed by atoms with Crippen LogP contribution in [0.15, 0.2) is 24.3 Å². The van der Waals surface area contributed by atoms with Crippen LogP contribution in [0.3, 0.4) is 0 Å². The molecule has 2 aliphatic rings. The smallest absolute Gasteiger partial charge is 0.171 e. The average Bonchev–Trinajstić information content (AvgIpc) is 3.02. The van der Waals surface area contributed by atoms with Crippen LogP contribution in [0, 0.1) is 11.8 Å². The molecule has 1 aromatic rings. The van der Waals surface area contributed by atoms with E-state index < -0.39 is 0 Å². The highest BCUT2D eigenvalue weighted by Crippen LogP contribution is 2.44. The summed E-state index contributed by atoms with van der Waals surface area (Å²) in [5.41, 5.74) is 1.00. The van der Waals surface area contributed by atoms with Gasteiger partial charge in [0.05, 0.1) is 7.11 Å². The van der Waals surface area contributed by atoms with Crippen LogP contribution in [0.25, 0.3) is 0 Å². The first kappa shape index (κ1) is 12.7. The first-order chi connectivity index (χ1) is 9.24. The van der Waals surface area contributed by atoms with E-state index in [2.05, 4.69) is 10.6 Å². The second-order valence-electron chi connectivity index (χ2n) is 5.61. The van der Waals surface area contributed by atoms with Crippen LogP contribution >= 0.6 is 12.2 Å². The van der Waals surface area contributed by atoms with Gasteiger partial charge in [0.2, 0.25) is 0 Å². The zero-order valence-corrected chi connectivity index (χ0v) is 12.0. The number of thiocarbonyl (C=S) groups is 1. The summed E-state index contributed by atoms with van der Waals surface area (Å²) in [7, 11) is 1.67. The fourth-order valence-electron chi connectivity index (χ4n) is 3.43. The molecule has 102 valence electrons. The van der Waals surface area contributed by atoms with Crippen molar-refractivity contribution in [2.45, 2.75) is 31.7 Å². The van der Waals surface area contributed by atoms with Gasteiger partial charge in [0, 0.05) is 11.7 Å². The fraction of sp³-hybridized carbons (Fsp3) is 0.533. The van der Waals surface area contributed by atoms with Crippen molar-refractivity contribution in [3.8, 4) is 5.75 Å². The van der Waals surface area contributed by atoms with E-state index in [1.165, 1.54) is 25.7 Å². The van der Waals surface area contributed by atoms with Gasteiger partial charge in [-0.25, -0.2) is 0 Å². The number of nitrogens with one attached hydrogen (secondary N) is 2. The normalized spacial score (nSPS) is 28.2. The molecule has 0 heterocycles. The lowest BCUT2D eigenvalue weighted by molar-refractivity contribution is 0.392. The standard InChI is InChI=1S/C15H20N2OS/c1-18-13-6-4-12(5-7-13)16-15(19)17-14-9-10-2-3-11(14)8-10/h4-7,10-11,14H,2-3,8-9H2,1H3,(H2,16,17,19)/t10-,11+,14+/m0/s1. The highest BCUT2D eigenvalue weighted by molar-refractivity contribution is 7.80. The summed E-state index contributed by atoms with van der Waals surface area (Å²) in [6.07, 6.45) is 5.47. The maximum absolute atomic E-state index is 5.40. The first-order valence-corrected chi connectivity index (χ1v) is 7.37. The van der Waals surface area contributed by atoms with E-state index in [0.717, 1.165) is 28.4 Å². The molecular formula is C15H20N2OS. The van der Waals surface area contributed by atoms with E-state index in [0.29, 0.717) is 6.04 Å². The molecule has 4 heteroatoms.